The number of carbonyl (C=O) groups is 1. The molecule has 0 aliphatic rings. The molecule has 0 saturated heterocycles. The van der Waals surface area contributed by atoms with Crippen LogP contribution in [0.1, 0.15) is 18.0 Å². The summed E-state index contributed by atoms with van der Waals surface area (Å²) in [5.41, 5.74) is 0.916. The van der Waals surface area contributed by atoms with E-state index in [0.29, 0.717) is 11.5 Å². The minimum atomic E-state index is -0.267. The monoisotopic (exact) mass is 253 g/mol. The molecule has 0 amide bonds. The number of benzene rings is 1. The highest BCUT2D eigenvalue weighted by molar-refractivity contribution is 5.70. The molecule has 1 aromatic carbocycles. The van der Waals surface area contributed by atoms with E-state index in [1.807, 2.05) is 12.1 Å². The van der Waals surface area contributed by atoms with E-state index in [2.05, 4.69) is 10.1 Å². The van der Waals surface area contributed by atoms with E-state index in [9.17, 15) is 4.79 Å². The molecule has 0 aliphatic carbocycles. The predicted octanol–water partition coefficient (Wildman–Crippen LogP) is 1.53. The highest BCUT2D eigenvalue weighted by Gasteiger charge is 2.16. The number of ether oxygens (including phenoxy) is 3. The Morgan fingerprint density at radius 2 is 1.72 bits per heavy atom. The van der Waals surface area contributed by atoms with Crippen LogP contribution in [0.3, 0.4) is 0 Å². The molecule has 5 nitrogen and oxygen atoms in total. The summed E-state index contributed by atoms with van der Waals surface area (Å²) in [5, 5.41) is 3.07. The van der Waals surface area contributed by atoms with Gasteiger partial charge in [-0.1, -0.05) is 0 Å². The highest BCUT2D eigenvalue weighted by atomic mass is 16.5. The third-order valence-electron chi connectivity index (χ3n) is 2.72. The van der Waals surface area contributed by atoms with Gasteiger partial charge in [0.1, 0.15) is 11.5 Å². The fourth-order valence-corrected chi connectivity index (χ4v) is 1.67. The number of carbonyl (C=O) groups excluding carboxylic acids is 1. The first-order chi connectivity index (χ1) is 8.64. The minimum Gasteiger partial charge on any atom is -0.497 e. The first kappa shape index (κ1) is 14.3. The largest absolute Gasteiger partial charge is 0.497 e. The van der Waals surface area contributed by atoms with Crippen molar-refractivity contribution in [3.05, 3.63) is 23.8 Å². The van der Waals surface area contributed by atoms with Crippen molar-refractivity contribution in [2.75, 3.05) is 28.4 Å². The zero-order valence-electron chi connectivity index (χ0n) is 11.1. The maximum absolute atomic E-state index is 11.3. The van der Waals surface area contributed by atoms with Gasteiger partial charge in [-0.15, -0.1) is 0 Å². The topological polar surface area (TPSA) is 56.8 Å². The van der Waals surface area contributed by atoms with Crippen molar-refractivity contribution in [1.29, 1.82) is 0 Å². The van der Waals surface area contributed by atoms with Crippen LogP contribution in [0.4, 0.5) is 0 Å². The molecule has 0 aromatic heterocycles. The van der Waals surface area contributed by atoms with E-state index in [4.69, 9.17) is 9.47 Å². The van der Waals surface area contributed by atoms with E-state index in [1.54, 1.807) is 27.3 Å². The number of nitrogens with one attached hydrogen (secondary N) is 1. The number of rotatable bonds is 6. The van der Waals surface area contributed by atoms with Gasteiger partial charge in [0.25, 0.3) is 0 Å². The Labute approximate surface area is 107 Å². The fourth-order valence-electron chi connectivity index (χ4n) is 1.67. The summed E-state index contributed by atoms with van der Waals surface area (Å²) in [6, 6.07) is 5.38. The van der Waals surface area contributed by atoms with Crippen molar-refractivity contribution < 1.29 is 19.0 Å². The summed E-state index contributed by atoms with van der Waals surface area (Å²) in [4.78, 5) is 11.3. The first-order valence-corrected chi connectivity index (χ1v) is 5.61. The molecule has 18 heavy (non-hydrogen) atoms. The molecule has 1 rings (SSSR count). The first-order valence-electron chi connectivity index (χ1n) is 5.61. The predicted molar refractivity (Wildman–Crippen MR) is 68.0 cm³/mol. The van der Waals surface area contributed by atoms with Gasteiger partial charge in [-0.05, 0) is 24.7 Å². The Hall–Kier alpha value is -1.75. The van der Waals surface area contributed by atoms with Crippen molar-refractivity contribution in [1.82, 2.24) is 5.32 Å². The molecule has 100 valence electrons. The van der Waals surface area contributed by atoms with Gasteiger partial charge in [0, 0.05) is 12.1 Å². The van der Waals surface area contributed by atoms with Crippen LogP contribution in [0, 0.1) is 0 Å². The van der Waals surface area contributed by atoms with Gasteiger partial charge in [0.15, 0.2) is 0 Å². The quantitative estimate of drug-likeness (QED) is 0.779. The van der Waals surface area contributed by atoms with Gasteiger partial charge in [-0.3, -0.25) is 4.79 Å². The summed E-state index contributed by atoms with van der Waals surface area (Å²) in [5.74, 6) is 1.11. The molecule has 1 atom stereocenters. The highest BCUT2D eigenvalue weighted by Crippen LogP contribution is 2.27. The molecule has 0 bridgehead atoms. The molecule has 5 heteroatoms. The van der Waals surface area contributed by atoms with E-state index >= 15 is 0 Å². The van der Waals surface area contributed by atoms with Crippen molar-refractivity contribution >= 4 is 5.97 Å². The van der Waals surface area contributed by atoms with E-state index in [1.165, 1.54) is 7.11 Å². The van der Waals surface area contributed by atoms with Crippen LogP contribution in [0.5, 0.6) is 11.5 Å². The van der Waals surface area contributed by atoms with E-state index in [0.717, 1.165) is 5.56 Å². The van der Waals surface area contributed by atoms with Crippen molar-refractivity contribution in [2.24, 2.45) is 0 Å². The maximum Gasteiger partial charge on any atom is 0.307 e. The van der Waals surface area contributed by atoms with Crippen LogP contribution >= 0.6 is 0 Å². The molecule has 0 fully saturated rings. The van der Waals surface area contributed by atoms with Crippen LogP contribution in [0.15, 0.2) is 18.2 Å². The van der Waals surface area contributed by atoms with Crippen LogP contribution in [-0.4, -0.2) is 34.3 Å². The summed E-state index contributed by atoms with van der Waals surface area (Å²) in [6.45, 7) is 0. The van der Waals surface area contributed by atoms with Crippen molar-refractivity contribution in [2.45, 2.75) is 12.5 Å². The van der Waals surface area contributed by atoms with Gasteiger partial charge in [0.05, 0.1) is 27.8 Å². The lowest BCUT2D eigenvalue weighted by molar-refractivity contribution is -0.141. The molecule has 0 spiro atoms. The number of hydrogen-bond donors (Lipinski definition) is 1. The zero-order chi connectivity index (χ0) is 13.5. The van der Waals surface area contributed by atoms with Gasteiger partial charge >= 0.3 is 5.97 Å². The Bertz CT molecular complexity index is 384. The average molecular weight is 253 g/mol. The van der Waals surface area contributed by atoms with E-state index in [-0.39, 0.29) is 18.4 Å². The number of hydrogen-bond acceptors (Lipinski definition) is 5. The average Bonchev–Trinajstić information content (AvgIpc) is 2.43. The Morgan fingerprint density at radius 1 is 1.17 bits per heavy atom. The number of methoxy groups -OCH3 is 3. The lowest BCUT2D eigenvalue weighted by Crippen LogP contribution is -2.20. The Kier molecular flexibility index (Phi) is 5.45. The zero-order valence-corrected chi connectivity index (χ0v) is 11.1. The number of esters is 1. The minimum absolute atomic E-state index is 0.138. The summed E-state index contributed by atoms with van der Waals surface area (Å²) < 4.78 is 15.1. The van der Waals surface area contributed by atoms with Crippen LogP contribution in [-0.2, 0) is 9.53 Å². The Balaban J connectivity index is 3.00. The van der Waals surface area contributed by atoms with E-state index < -0.39 is 0 Å². The standard InChI is InChI=1S/C13H19NO4/c1-14-12(8-13(15)18-4)9-5-10(16-2)7-11(6-9)17-3/h5-7,12,14H,8H2,1-4H3. The lowest BCUT2D eigenvalue weighted by Gasteiger charge is -2.17. The second-order valence-electron chi connectivity index (χ2n) is 3.77. The summed E-state index contributed by atoms with van der Waals surface area (Å²) >= 11 is 0. The van der Waals surface area contributed by atoms with Gasteiger partial charge in [0.2, 0.25) is 0 Å². The van der Waals surface area contributed by atoms with Crippen molar-refractivity contribution in [3.8, 4) is 11.5 Å². The van der Waals surface area contributed by atoms with Gasteiger partial charge in [-0.25, -0.2) is 0 Å². The SMILES string of the molecule is CNC(CC(=O)OC)c1cc(OC)cc(OC)c1. The molecular formula is C13H19NO4. The third kappa shape index (κ3) is 3.63. The molecule has 1 N–H and O–H groups in total. The fraction of sp³-hybridized carbons (Fsp3) is 0.462. The summed E-state index contributed by atoms with van der Waals surface area (Å²) in [6.07, 6.45) is 0.253. The summed E-state index contributed by atoms with van der Waals surface area (Å²) in [7, 11) is 6.35. The third-order valence-corrected chi connectivity index (χ3v) is 2.72. The van der Waals surface area contributed by atoms with Crippen molar-refractivity contribution in [3.63, 3.8) is 0 Å². The maximum atomic E-state index is 11.3. The molecule has 0 aliphatic heterocycles. The van der Waals surface area contributed by atoms with Crippen LogP contribution in [0.2, 0.25) is 0 Å². The Morgan fingerprint density at radius 3 is 2.11 bits per heavy atom. The molecule has 1 aromatic rings. The van der Waals surface area contributed by atoms with Gasteiger partial charge in [-0.2, -0.15) is 0 Å². The molecule has 1 unspecified atom stereocenters. The molecule has 0 radical (unpaired) electrons. The molecule has 0 saturated carbocycles. The molecular weight excluding hydrogens is 234 g/mol. The van der Waals surface area contributed by atoms with Crippen LogP contribution in [0.25, 0.3) is 0 Å². The second-order valence-corrected chi connectivity index (χ2v) is 3.77. The normalized spacial score (nSPS) is 11.8. The molecule has 0 heterocycles. The second kappa shape index (κ2) is 6.86. The van der Waals surface area contributed by atoms with Crippen LogP contribution < -0.4 is 14.8 Å². The lowest BCUT2D eigenvalue weighted by atomic mass is 10.0. The smallest absolute Gasteiger partial charge is 0.307 e. The van der Waals surface area contributed by atoms with Gasteiger partial charge < -0.3 is 19.5 Å².